The molecule has 0 saturated carbocycles. The van der Waals surface area contributed by atoms with E-state index < -0.39 is 34.3 Å². The number of ether oxygens (including phenoxy) is 1. The van der Waals surface area contributed by atoms with Gasteiger partial charge in [-0.2, -0.15) is 30.7 Å². The summed E-state index contributed by atoms with van der Waals surface area (Å²) in [6, 6.07) is 8.11. The average molecular weight is 500 g/mol. The van der Waals surface area contributed by atoms with Gasteiger partial charge in [0.1, 0.15) is 0 Å². The monoisotopic (exact) mass is 500 g/mol. The van der Waals surface area contributed by atoms with E-state index in [-0.39, 0.29) is 25.9 Å². The molecule has 26 heavy (non-hydrogen) atoms. The molecule has 148 valence electrons. The Kier molecular flexibility index (Phi) is 8.15. The first kappa shape index (κ1) is 23.0. The molecule has 0 aromatic heterocycles. The molecule has 10 heteroatoms. The van der Waals surface area contributed by atoms with Crippen molar-refractivity contribution in [1.82, 2.24) is 0 Å². The Morgan fingerprint density at radius 2 is 1.58 bits per heavy atom. The Labute approximate surface area is 159 Å². The number of halogens is 8. The molecule has 1 atom stereocenters. The molecule has 0 amide bonds. The highest BCUT2D eigenvalue weighted by Gasteiger charge is 2.72. The normalized spacial score (nSPS) is 14.2. The van der Waals surface area contributed by atoms with E-state index in [4.69, 9.17) is 4.74 Å². The number of hydrogen-bond acceptors (Lipinski definition) is 2. The number of benzene rings is 1. The Morgan fingerprint density at radius 1 is 1.00 bits per heavy atom. The van der Waals surface area contributed by atoms with Crippen molar-refractivity contribution in [2.45, 2.75) is 47.6 Å². The molecule has 0 heterocycles. The topological polar surface area (TPSA) is 26.3 Å². The summed E-state index contributed by atoms with van der Waals surface area (Å²) in [5, 5.41) is 0. The predicted octanol–water partition coefficient (Wildman–Crippen LogP) is 6.04. The number of carbonyl (C=O) groups is 1. The average Bonchev–Trinajstić information content (AvgIpc) is 2.53. The minimum Gasteiger partial charge on any atom is -0.462 e. The van der Waals surface area contributed by atoms with E-state index in [0.717, 1.165) is 0 Å². The SMILES string of the molecule is O=C(OCCCCC(I)CC(F)(F)C(F)(F)C(F)(F)F)c1ccccc1. The summed E-state index contributed by atoms with van der Waals surface area (Å²) in [6.45, 7) is -0.00775. The van der Waals surface area contributed by atoms with Gasteiger partial charge < -0.3 is 4.74 Å². The number of carbonyl (C=O) groups excluding carboxylic acids is 1. The second kappa shape index (κ2) is 9.23. The van der Waals surface area contributed by atoms with Gasteiger partial charge in [-0.3, -0.25) is 0 Å². The van der Waals surface area contributed by atoms with Gasteiger partial charge in [0.15, 0.2) is 0 Å². The molecule has 2 nitrogen and oxygen atoms in total. The third-order valence-corrected chi connectivity index (χ3v) is 4.51. The van der Waals surface area contributed by atoms with Crippen LogP contribution in [0, 0.1) is 0 Å². The Hall–Kier alpha value is -1.07. The van der Waals surface area contributed by atoms with Crippen LogP contribution in [0.15, 0.2) is 30.3 Å². The Bertz CT molecular complexity index is 576. The van der Waals surface area contributed by atoms with Crippen LogP contribution in [-0.4, -0.2) is 34.5 Å². The summed E-state index contributed by atoms with van der Waals surface area (Å²) in [5.41, 5.74) is 0.341. The smallest absolute Gasteiger partial charge is 0.459 e. The van der Waals surface area contributed by atoms with E-state index in [9.17, 15) is 35.5 Å². The first-order valence-electron chi connectivity index (χ1n) is 7.57. The molecular weight excluding hydrogens is 484 g/mol. The minimum atomic E-state index is -6.31. The molecule has 0 aliphatic rings. The fourth-order valence-electron chi connectivity index (χ4n) is 2.01. The molecular formula is C16H16F7IO2. The van der Waals surface area contributed by atoms with Crippen molar-refractivity contribution in [3.05, 3.63) is 35.9 Å². The van der Waals surface area contributed by atoms with E-state index in [2.05, 4.69) is 0 Å². The van der Waals surface area contributed by atoms with Gasteiger partial charge in [-0.15, -0.1) is 0 Å². The Morgan fingerprint density at radius 3 is 2.12 bits per heavy atom. The largest absolute Gasteiger partial charge is 0.462 e. The van der Waals surface area contributed by atoms with Crippen LogP contribution < -0.4 is 0 Å². The highest BCUT2D eigenvalue weighted by Crippen LogP contribution is 2.49. The number of hydrogen-bond donors (Lipinski definition) is 0. The van der Waals surface area contributed by atoms with Crippen LogP contribution in [0.1, 0.15) is 36.0 Å². The molecule has 0 bridgehead atoms. The standard InChI is InChI=1S/C16H16F7IO2/c17-14(18,15(19,20)16(21,22)23)10-12(24)8-4-5-9-26-13(25)11-6-2-1-3-7-11/h1-3,6-7,12H,4-5,8-10H2. The lowest BCUT2D eigenvalue weighted by Gasteiger charge is -2.29. The van der Waals surface area contributed by atoms with E-state index in [0.29, 0.717) is 5.56 Å². The molecule has 0 spiro atoms. The quantitative estimate of drug-likeness (QED) is 0.136. The van der Waals surface area contributed by atoms with Crippen LogP contribution in [0.5, 0.6) is 0 Å². The maximum Gasteiger partial charge on any atom is 0.459 e. The van der Waals surface area contributed by atoms with Gasteiger partial charge in [-0.1, -0.05) is 40.8 Å². The zero-order chi connectivity index (χ0) is 20.0. The summed E-state index contributed by atoms with van der Waals surface area (Å²) in [7, 11) is 0. The van der Waals surface area contributed by atoms with Crippen molar-refractivity contribution < 1.29 is 40.3 Å². The highest BCUT2D eigenvalue weighted by molar-refractivity contribution is 14.1. The molecule has 1 unspecified atom stereocenters. The van der Waals surface area contributed by atoms with Gasteiger partial charge in [0.25, 0.3) is 0 Å². The summed E-state index contributed by atoms with van der Waals surface area (Å²) in [6.07, 6.45) is -7.39. The molecule has 0 aliphatic heterocycles. The zero-order valence-corrected chi connectivity index (χ0v) is 15.5. The van der Waals surface area contributed by atoms with Crippen LogP contribution in [-0.2, 0) is 4.74 Å². The second-order valence-corrected chi connectivity index (χ2v) is 7.34. The van der Waals surface area contributed by atoms with Gasteiger partial charge in [0.05, 0.1) is 12.2 Å². The third kappa shape index (κ3) is 6.27. The van der Waals surface area contributed by atoms with Crippen molar-refractivity contribution in [3.63, 3.8) is 0 Å². The first-order chi connectivity index (χ1) is 11.9. The van der Waals surface area contributed by atoms with E-state index in [1.807, 2.05) is 0 Å². The molecule has 0 N–H and O–H groups in total. The van der Waals surface area contributed by atoms with E-state index >= 15 is 0 Å². The minimum absolute atomic E-state index is 0.00697. The molecule has 1 rings (SSSR count). The number of alkyl halides is 8. The number of rotatable bonds is 9. The summed E-state index contributed by atoms with van der Waals surface area (Å²) in [4.78, 5) is 11.6. The molecule has 0 aliphatic carbocycles. The fourth-order valence-corrected chi connectivity index (χ4v) is 3.00. The highest BCUT2D eigenvalue weighted by atomic mass is 127. The van der Waals surface area contributed by atoms with Crippen LogP contribution in [0.4, 0.5) is 30.7 Å². The van der Waals surface area contributed by atoms with Gasteiger partial charge in [0.2, 0.25) is 0 Å². The van der Waals surface area contributed by atoms with Crippen LogP contribution in [0.2, 0.25) is 0 Å². The second-order valence-electron chi connectivity index (χ2n) is 5.58. The summed E-state index contributed by atoms with van der Waals surface area (Å²) in [5.74, 6) is -11.8. The molecule has 1 aromatic carbocycles. The van der Waals surface area contributed by atoms with Crippen molar-refractivity contribution in [3.8, 4) is 0 Å². The molecule has 1 aromatic rings. The molecule has 0 saturated heterocycles. The van der Waals surface area contributed by atoms with Crippen LogP contribution >= 0.6 is 22.6 Å². The van der Waals surface area contributed by atoms with E-state index in [1.54, 1.807) is 30.3 Å². The lowest BCUT2D eigenvalue weighted by molar-refractivity contribution is -0.355. The van der Waals surface area contributed by atoms with Gasteiger partial charge in [0, 0.05) is 10.3 Å². The zero-order valence-electron chi connectivity index (χ0n) is 13.3. The van der Waals surface area contributed by atoms with Gasteiger partial charge >= 0.3 is 24.0 Å². The maximum atomic E-state index is 13.3. The lowest BCUT2D eigenvalue weighted by Crippen LogP contribution is -2.52. The maximum absolute atomic E-state index is 13.3. The van der Waals surface area contributed by atoms with E-state index in [1.165, 1.54) is 22.6 Å². The molecule has 0 fully saturated rings. The molecule has 0 radical (unpaired) electrons. The van der Waals surface area contributed by atoms with Crippen molar-refractivity contribution in [1.29, 1.82) is 0 Å². The van der Waals surface area contributed by atoms with Crippen molar-refractivity contribution in [2.24, 2.45) is 0 Å². The van der Waals surface area contributed by atoms with Gasteiger partial charge in [-0.05, 0) is 31.4 Å². The fraction of sp³-hybridized carbons (Fsp3) is 0.562. The van der Waals surface area contributed by atoms with Crippen LogP contribution in [0.25, 0.3) is 0 Å². The van der Waals surface area contributed by atoms with Crippen LogP contribution in [0.3, 0.4) is 0 Å². The van der Waals surface area contributed by atoms with Crippen molar-refractivity contribution in [2.75, 3.05) is 6.61 Å². The van der Waals surface area contributed by atoms with Crippen molar-refractivity contribution >= 4 is 28.6 Å². The predicted molar refractivity (Wildman–Crippen MR) is 88.9 cm³/mol. The third-order valence-electron chi connectivity index (χ3n) is 3.45. The van der Waals surface area contributed by atoms with Gasteiger partial charge in [-0.25, -0.2) is 4.79 Å². The first-order valence-corrected chi connectivity index (χ1v) is 8.81. The number of esters is 1. The lowest BCUT2D eigenvalue weighted by atomic mass is 10.0. The summed E-state index contributed by atoms with van der Waals surface area (Å²) >= 11 is 1.42. The summed E-state index contributed by atoms with van der Waals surface area (Å²) < 4.78 is 92.3. The Balaban J connectivity index is 2.34. The number of unbranched alkanes of at least 4 members (excludes halogenated alkanes) is 1.